The Morgan fingerprint density at radius 1 is 1.45 bits per heavy atom. The summed E-state index contributed by atoms with van der Waals surface area (Å²) in [5.41, 5.74) is 1.13. The van der Waals surface area contributed by atoms with Crippen molar-refractivity contribution in [3.05, 3.63) is 22.8 Å². The number of nitrogens with one attached hydrogen (secondary N) is 1. The van der Waals surface area contributed by atoms with Crippen LogP contribution in [0, 0.1) is 0 Å². The van der Waals surface area contributed by atoms with Gasteiger partial charge in [0.2, 0.25) is 0 Å². The SMILES string of the molecule is CCNCc1cc(N2CCSC(C)(C)CC2)ncc1Cl. The molecule has 2 heterocycles. The van der Waals surface area contributed by atoms with E-state index in [1.165, 1.54) is 6.42 Å². The average molecular weight is 314 g/mol. The molecule has 3 nitrogen and oxygen atoms in total. The number of nitrogens with zero attached hydrogens (tertiary/aromatic N) is 2. The number of anilines is 1. The summed E-state index contributed by atoms with van der Waals surface area (Å²) in [7, 11) is 0. The minimum atomic E-state index is 0.369. The number of thioether (sulfide) groups is 1. The Hall–Kier alpha value is -0.450. The summed E-state index contributed by atoms with van der Waals surface area (Å²) in [6, 6.07) is 2.13. The van der Waals surface area contributed by atoms with Crippen molar-refractivity contribution >= 4 is 29.2 Å². The van der Waals surface area contributed by atoms with Crippen LogP contribution in [0.4, 0.5) is 5.82 Å². The van der Waals surface area contributed by atoms with Crippen molar-refractivity contribution in [1.82, 2.24) is 10.3 Å². The molecule has 0 atom stereocenters. The van der Waals surface area contributed by atoms with E-state index in [0.29, 0.717) is 4.75 Å². The number of aromatic nitrogens is 1. The number of halogens is 1. The van der Waals surface area contributed by atoms with E-state index in [0.717, 1.165) is 48.3 Å². The molecule has 1 aliphatic rings. The first kappa shape index (κ1) is 15.9. The molecular weight excluding hydrogens is 290 g/mol. The van der Waals surface area contributed by atoms with E-state index in [9.17, 15) is 0 Å². The number of hydrogen-bond acceptors (Lipinski definition) is 4. The second kappa shape index (κ2) is 7.01. The minimum Gasteiger partial charge on any atom is -0.356 e. The molecule has 1 N–H and O–H groups in total. The van der Waals surface area contributed by atoms with Crippen molar-refractivity contribution in [3.63, 3.8) is 0 Å². The van der Waals surface area contributed by atoms with Crippen LogP contribution in [0.3, 0.4) is 0 Å². The van der Waals surface area contributed by atoms with E-state index in [2.05, 4.69) is 53.8 Å². The van der Waals surface area contributed by atoms with Crippen LogP contribution in [0.15, 0.2) is 12.3 Å². The van der Waals surface area contributed by atoms with Crippen molar-refractivity contribution < 1.29 is 0 Å². The molecule has 0 radical (unpaired) electrons. The maximum absolute atomic E-state index is 6.22. The monoisotopic (exact) mass is 313 g/mol. The van der Waals surface area contributed by atoms with Crippen molar-refractivity contribution in [2.75, 3.05) is 30.3 Å². The lowest BCUT2D eigenvalue weighted by Gasteiger charge is -2.24. The van der Waals surface area contributed by atoms with Crippen LogP contribution in [0.1, 0.15) is 32.8 Å². The molecular formula is C15H24ClN3S. The molecule has 1 fully saturated rings. The molecule has 0 aliphatic carbocycles. The van der Waals surface area contributed by atoms with Crippen molar-refractivity contribution in [2.24, 2.45) is 0 Å². The molecule has 0 spiro atoms. The van der Waals surface area contributed by atoms with E-state index >= 15 is 0 Å². The molecule has 0 amide bonds. The highest BCUT2D eigenvalue weighted by Crippen LogP contribution is 2.32. The van der Waals surface area contributed by atoms with Crippen LogP contribution < -0.4 is 10.2 Å². The first-order valence-corrected chi connectivity index (χ1v) is 8.62. The standard InChI is InChI=1S/C15H24ClN3S/c1-4-17-10-12-9-14(18-11-13(12)16)19-6-5-15(2,3)20-8-7-19/h9,11,17H,4-8,10H2,1-3H3. The zero-order valence-electron chi connectivity index (χ0n) is 12.6. The van der Waals surface area contributed by atoms with E-state index in [-0.39, 0.29) is 0 Å². The molecule has 2 rings (SSSR count). The molecule has 0 unspecified atom stereocenters. The third kappa shape index (κ3) is 4.27. The van der Waals surface area contributed by atoms with Gasteiger partial charge in [-0.25, -0.2) is 4.98 Å². The second-order valence-corrected chi connectivity index (χ2v) is 7.97. The molecule has 20 heavy (non-hydrogen) atoms. The molecule has 5 heteroatoms. The Kier molecular flexibility index (Phi) is 5.58. The summed E-state index contributed by atoms with van der Waals surface area (Å²) in [5, 5.41) is 4.08. The largest absolute Gasteiger partial charge is 0.356 e. The Morgan fingerprint density at radius 3 is 3.00 bits per heavy atom. The van der Waals surface area contributed by atoms with E-state index in [4.69, 9.17) is 11.6 Å². The van der Waals surface area contributed by atoms with Crippen LogP contribution in [0.25, 0.3) is 0 Å². The minimum absolute atomic E-state index is 0.369. The van der Waals surface area contributed by atoms with Crippen LogP contribution in [0.5, 0.6) is 0 Å². The molecule has 112 valence electrons. The number of pyridine rings is 1. The summed E-state index contributed by atoms with van der Waals surface area (Å²) in [5.74, 6) is 2.21. The highest BCUT2D eigenvalue weighted by molar-refractivity contribution is 8.00. The average Bonchev–Trinajstić information content (AvgIpc) is 2.59. The van der Waals surface area contributed by atoms with Crippen molar-refractivity contribution in [2.45, 2.75) is 38.5 Å². The van der Waals surface area contributed by atoms with E-state index in [1.807, 2.05) is 0 Å². The Balaban J connectivity index is 2.11. The molecule has 0 saturated carbocycles. The molecule has 1 aliphatic heterocycles. The molecule has 1 saturated heterocycles. The van der Waals surface area contributed by atoms with Gasteiger partial charge in [0, 0.05) is 36.3 Å². The van der Waals surface area contributed by atoms with Gasteiger partial charge < -0.3 is 10.2 Å². The summed E-state index contributed by atoms with van der Waals surface area (Å²) in [4.78, 5) is 6.90. The molecule has 0 bridgehead atoms. The summed E-state index contributed by atoms with van der Waals surface area (Å²) >= 11 is 8.28. The van der Waals surface area contributed by atoms with Gasteiger partial charge in [-0.3, -0.25) is 0 Å². The second-order valence-electron chi connectivity index (χ2n) is 5.76. The first-order valence-electron chi connectivity index (χ1n) is 7.26. The van der Waals surface area contributed by atoms with Crippen molar-refractivity contribution in [3.8, 4) is 0 Å². The van der Waals surface area contributed by atoms with E-state index < -0.39 is 0 Å². The maximum Gasteiger partial charge on any atom is 0.128 e. The highest BCUT2D eigenvalue weighted by atomic mass is 35.5. The predicted octanol–water partition coefficient (Wildman–Crippen LogP) is 3.57. The smallest absolute Gasteiger partial charge is 0.128 e. The Bertz CT molecular complexity index is 451. The fourth-order valence-corrected chi connectivity index (χ4v) is 3.56. The zero-order chi connectivity index (χ0) is 14.6. The summed E-state index contributed by atoms with van der Waals surface area (Å²) in [6.07, 6.45) is 2.97. The van der Waals surface area contributed by atoms with Gasteiger partial charge in [0.05, 0.1) is 5.02 Å². The predicted molar refractivity (Wildman–Crippen MR) is 90.0 cm³/mol. The molecule has 1 aromatic heterocycles. The zero-order valence-corrected chi connectivity index (χ0v) is 14.2. The number of hydrogen-bond donors (Lipinski definition) is 1. The summed E-state index contributed by atoms with van der Waals surface area (Å²) in [6.45, 7) is 10.6. The third-order valence-electron chi connectivity index (χ3n) is 3.65. The Morgan fingerprint density at radius 2 is 2.25 bits per heavy atom. The van der Waals surface area contributed by atoms with Gasteiger partial charge in [-0.1, -0.05) is 32.4 Å². The van der Waals surface area contributed by atoms with Gasteiger partial charge in [0.1, 0.15) is 5.82 Å². The normalized spacial score (nSPS) is 18.9. The van der Waals surface area contributed by atoms with Crippen LogP contribution in [-0.4, -0.2) is 35.1 Å². The third-order valence-corrected chi connectivity index (χ3v) is 5.36. The van der Waals surface area contributed by atoms with Gasteiger partial charge in [-0.15, -0.1) is 0 Å². The van der Waals surface area contributed by atoms with Gasteiger partial charge >= 0.3 is 0 Å². The van der Waals surface area contributed by atoms with Gasteiger partial charge in [-0.05, 0) is 24.6 Å². The lowest BCUT2D eigenvalue weighted by Crippen LogP contribution is -2.28. The topological polar surface area (TPSA) is 28.2 Å². The van der Waals surface area contributed by atoms with Crippen LogP contribution in [0.2, 0.25) is 5.02 Å². The van der Waals surface area contributed by atoms with Gasteiger partial charge in [0.15, 0.2) is 0 Å². The van der Waals surface area contributed by atoms with E-state index in [1.54, 1.807) is 6.20 Å². The highest BCUT2D eigenvalue weighted by Gasteiger charge is 2.24. The quantitative estimate of drug-likeness (QED) is 0.920. The van der Waals surface area contributed by atoms with Crippen LogP contribution >= 0.6 is 23.4 Å². The Labute approximate surface area is 131 Å². The lowest BCUT2D eigenvalue weighted by molar-refractivity contribution is 0.634. The lowest BCUT2D eigenvalue weighted by atomic mass is 10.1. The first-order chi connectivity index (χ1) is 9.52. The maximum atomic E-state index is 6.22. The van der Waals surface area contributed by atoms with Crippen LogP contribution in [-0.2, 0) is 6.54 Å². The number of rotatable bonds is 4. The molecule has 0 aromatic carbocycles. The molecule has 1 aromatic rings. The summed E-state index contributed by atoms with van der Waals surface area (Å²) < 4.78 is 0.369. The van der Waals surface area contributed by atoms with Gasteiger partial charge in [-0.2, -0.15) is 11.8 Å². The fraction of sp³-hybridized carbons (Fsp3) is 0.667. The fourth-order valence-electron chi connectivity index (χ4n) is 2.29. The van der Waals surface area contributed by atoms with Gasteiger partial charge in [0.25, 0.3) is 0 Å². The van der Waals surface area contributed by atoms with Crippen molar-refractivity contribution in [1.29, 1.82) is 0 Å².